The van der Waals surface area contributed by atoms with Crippen molar-refractivity contribution >= 4 is 11.6 Å². The molecule has 0 fully saturated rings. The molecule has 1 aliphatic rings. The molecule has 1 unspecified atom stereocenters. The van der Waals surface area contributed by atoms with E-state index in [1.54, 1.807) is 12.1 Å². The number of nitrogens with one attached hydrogen (secondary N) is 1. The molecule has 0 saturated carbocycles. The summed E-state index contributed by atoms with van der Waals surface area (Å²) in [6.45, 7) is 6.83. The smallest absolute Gasteiger partial charge is 0.262 e. The Kier molecular flexibility index (Phi) is 5.59. The van der Waals surface area contributed by atoms with Crippen LogP contribution in [0.3, 0.4) is 0 Å². The average Bonchev–Trinajstić information content (AvgIpc) is 2.50. The number of rotatable bonds is 7. The fourth-order valence-electron chi connectivity index (χ4n) is 2.42. The van der Waals surface area contributed by atoms with E-state index in [-0.39, 0.29) is 12.5 Å². The number of hydrogen-bond acceptors (Lipinski definition) is 4. The summed E-state index contributed by atoms with van der Waals surface area (Å²) in [6, 6.07) is 5.45. The second-order valence-corrected chi connectivity index (χ2v) is 5.36. The highest BCUT2D eigenvalue weighted by atomic mass is 16.5. The third kappa shape index (κ3) is 4.19. The number of benzene rings is 1. The van der Waals surface area contributed by atoms with Crippen LogP contribution in [0.4, 0.5) is 5.69 Å². The van der Waals surface area contributed by atoms with Crippen LogP contribution in [0.1, 0.15) is 38.4 Å². The fraction of sp³-hybridized carbons (Fsp3) is 0.562. The van der Waals surface area contributed by atoms with E-state index < -0.39 is 6.10 Å². The van der Waals surface area contributed by atoms with E-state index in [4.69, 9.17) is 4.74 Å². The van der Waals surface area contributed by atoms with Gasteiger partial charge in [0.15, 0.2) is 6.61 Å². The van der Waals surface area contributed by atoms with Gasteiger partial charge in [-0.3, -0.25) is 4.79 Å². The van der Waals surface area contributed by atoms with Gasteiger partial charge in [0.05, 0.1) is 11.8 Å². The van der Waals surface area contributed by atoms with E-state index >= 15 is 0 Å². The molecule has 1 aromatic rings. The fourth-order valence-corrected chi connectivity index (χ4v) is 2.42. The molecular weight excluding hydrogens is 268 g/mol. The Labute approximate surface area is 125 Å². The molecule has 0 saturated heterocycles. The number of hydrogen-bond donors (Lipinski definition) is 2. The van der Waals surface area contributed by atoms with E-state index in [1.165, 1.54) is 0 Å². The summed E-state index contributed by atoms with van der Waals surface area (Å²) in [5.41, 5.74) is 1.44. The summed E-state index contributed by atoms with van der Waals surface area (Å²) < 4.78 is 5.32. The first kappa shape index (κ1) is 15.8. The van der Waals surface area contributed by atoms with Crippen molar-refractivity contribution in [3.05, 3.63) is 23.8 Å². The molecule has 1 aromatic carbocycles. The highest BCUT2D eigenvalue weighted by Crippen LogP contribution is 2.30. The molecule has 1 atom stereocenters. The largest absolute Gasteiger partial charge is 0.482 e. The quantitative estimate of drug-likeness (QED) is 0.808. The Morgan fingerprint density at radius 3 is 2.95 bits per heavy atom. The van der Waals surface area contributed by atoms with Crippen molar-refractivity contribution in [1.29, 1.82) is 0 Å². The first-order chi connectivity index (χ1) is 10.1. The molecule has 0 bridgehead atoms. The minimum atomic E-state index is -0.564. The van der Waals surface area contributed by atoms with Crippen LogP contribution in [0.2, 0.25) is 0 Å². The maximum Gasteiger partial charge on any atom is 0.262 e. The van der Waals surface area contributed by atoms with Gasteiger partial charge in [0.2, 0.25) is 0 Å². The van der Waals surface area contributed by atoms with Crippen molar-refractivity contribution in [1.82, 2.24) is 4.90 Å². The van der Waals surface area contributed by atoms with E-state index in [0.717, 1.165) is 31.5 Å². The van der Waals surface area contributed by atoms with Crippen LogP contribution in [0, 0.1) is 0 Å². The highest BCUT2D eigenvalue weighted by Gasteiger charge is 2.19. The Balaban J connectivity index is 2.03. The number of fused-ring (bicyclic) bond motifs is 1. The maximum absolute atomic E-state index is 11.3. The zero-order chi connectivity index (χ0) is 15.2. The molecule has 5 nitrogen and oxygen atoms in total. The van der Waals surface area contributed by atoms with Gasteiger partial charge >= 0.3 is 0 Å². The number of aliphatic hydroxyl groups excluding tert-OH is 1. The normalized spacial score (nSPS) is 15.3. The molecule has 116 valence electrons. The molecule has 2 rings (SSSR count). The number of likely N-dealkylation sites (N-methyl/N-ethyl adjacent to an activating group) is 1. The van der Waals surface area contributed by atoms with Crippen LogP contribution in [0.25, 0.3) is 0 Å². The molecule has 0 aromatic heterocycles. The standard InChI is InChI=1S/C16H24N2O3/c1-3-5-8-18(4-2)10-14(19)12-6-7-15-13(9-12)17-16(20)11-21-15/h6-7,9,14,19H,3-5,8,10-11H2,1-2H3,(H,17,20). The van der Waals surface area contributed by atoms with Crippen molar-refractivity contribution in [3.8, 4) is 5.75 Å². The van der Waals surface area contributed by atoms with Gasteiger partial charge in [0.1, 0.15) is 5.75 Å². The molecule has 5 heteroatoms. The van der Waals surface area contributed by atoms with Gasteiger partial charge in [0.25, 0.3) is 5.91 Å². The van der Waals surface area contributed by atoms with E-state index in [9.17, 15) is 9.90 Å². The predicted molar refractivity (Wildman–Crippen MR) is 82.5 cm³/mol. The zero-order valence-corrected chi connectivity index (χ0v) is 12.8. The van der Waals surface area contributed by atoms with Gasteiger partial charge in [-0.15, -0.1) is 0 Å². The monoisotopic (exact) mass is 292 g/mol. The molecule has 0 spiro atoms. The topological polar surface area (TPSA) is 61.8 Å². The molecule has 1 heterocycles. The minimum Gasteiger partial charge on any atom is -0.482 e. The van der Waals surface area contributed by atoms with Gasteiger partial charge in [0, 0.05) is 6.54 Å². The number of amides is 1. The van der Waals surface area contributed by atoms with Crippen molar-refractivity contribution in [2.24, 2.45) is 0 Å². The van der Waals surface area contributed by atoms with Gasteiger partial charge in [-0.25, -0.2) is 0 Å². The zero-order valence-electron chi connectivity index (χ0n) is 12.8. The van der Waals surface area contributed by atoms with Crippen molar-refractivity contribution in [2.75, 3.05) is 31.6 Å². The van der Waals surface area contributed by atoms with Crippen LogP contribution in [0.5, 0.6) is 5.75 Å². The second kappa shape index (κ2) is 7.43. The Bertz CT molecular complexity index is 490. The minimum absolute atomic E-state index is 0.0511. The number of unbranched alkanes of at least 4 members (excludes halogenated alkanes) is 1. The Morgan fingerprint density at radius 2 is 2.24 bits per heavy atom. The van der Waals surface area contributed by atoms with Crippen LogP contribution >= 0.6 is 0 Å². The summed E-state index contributed by atoms with van der Waals surface area (Å²) in [4.78, 5) is 13.6. The average molecular weight is 292 g/mol. The van der Waals surface area contributed by atoms with Crippen molar-refractivity contribution < 1.29 is 14.6 Å². The molecule has 0 aliphatic carbocycles. The van der Waals surface area contributed by atoms with Crippen LogP contribution < -0.4 is 10.1 Å². The van der Waals surface area contributed by atoms with E-state index in [1.807, 2.05) is 6.07 Å². The number of carbonyl (C=O) groups is 1. The van der Waals surface area contributed by atoms with Crippen LogP contribution in [-0.2, 0) is 4.79 Å². The number of aliphatic hydroxyl groups is 1. The van der Waals surface area contributed by atoms with E-state index in [2.05, 4.69) is 24.1 Å². The maximum atomic E-state index is 11.3. The predicted octanol–water partition coefficient (Wildman–Crippen LogP) is 2.17. The SMILES string of the molecule is CCCCN(CC)CC(O)c1ccc2c(c1)NC(=O)CO2. The van der Waals surface area contributed by atoms with Crippen LogP contribution in [-0.4, -0.2) is 42.2 Å². The molecule has 21 heavy (non-hydrogen) atoms. The first-order valence-electron chi connectivity index (χ1n) is 7.61. The summed E-state index contributed by atoms with van der Waals surface area (Å²) in [5, 5.41) is 13.2. The lowest BCUT2D eigenvalue weighted by molar-refractivity contribution is -0.118. The first-order valence-corrected chi connectivity index (χ1v) is 7.61. The summed E-state index contributed by atoms with van der Waals surface area (Å²) in [5.74, 6) is 0.496. The summed E-state index contributed by atoms with van der Waals surface area (Å²) in [6.07, 6.45) is 1.72. The molecule has 1 amide bonds. The summed E-state index contributed by atoms with van der Waals surface area (Å²) in [7, 11) is 0. The van der Waals surface area contributed by atoms with Gasteiger partial charge < -0.3 is 20.1 Å². The summed E-state index contributed by atoms with van der Waals surface area (Å²) >= 11 is 0. The van der Waals surface area contributed by atoms with Crippen molar-refractivity contribution in [3.63, 3.8) is 0 Å². The Hall–Kier alpha value is -1.59. The van der Waals surface area contributed by atoms with Gasteiger partial charge in [-0.2, -0.15) is 0 Å². The number of ether oxygens (including phenoxy) is 1. The van der Waals surface area contributed by atoms with Gasteiger partial charge in [-0.05, 0) is 37.2 Å². The van der Waals surface area contributed by atoms with Crippen molar-refractivity contribution in [2.45, 2.75) is 32.8 Å². The number of carbonyl (C=O) groups excluding carboxylic acids is 1. The number of nitrogens with zero attached hydrogens (tertiary/aromatic N) is 1. The third-order valence-corrected chi connectivity index (χ3v) is 3.73. The molecule has 2 N–H and O–H groups in total. The lowest BCUT2D eigenvalue weighted by Gasteiger charge is -2.25. The van der Waals surface area contributed by atoms with E-state index in [0.29, 0.717) is 18.0 Å². The van der Waals surface area contributed by atoms with Crippen LogP contribution in [0.15, 0.2) is 18.2 Å². The Morgan fingerprint density at radius 1 is 1.43 bits per heavy atom. The molecule has 1 aliphatic heterocycles. The molecule has 0 radical (unpaired) electrons. The third-order valence-electron chi connectivity index (χ3n) is 3.73. The second-order valence-electron chi connectivity index (χ2n) is 5.36. The highest BCUT2D eigenvalue weighted by molar-refractivity contribution is 5.95. The lowest BCUT2D eigenvalue weighted by Crippen LogP contribution is -2.30. The molecular formula is C16H24N2O3. The van der Waals surface area contributed by atoms with Gasteiger partial charge in [-0.1, -0.05) is 26.3 Å². The lowest BCUT2D eigenvalue weighted by atomic mass is 10.1. The number of anilines is 1.